The molecule has 0 amide bonds. The van der Waals surface area contributed by atoms with Crippen LogP contribution in [0, 0.1) is 0 Å². The number of hydrogen-bond acceptors (Lipinski definition) is 3. The fourth-order valence-electron chi connectivity index (χ4n) is 2.67. The number of nitrogens with zero attached hydrogens (tertiary/aromatic N) is 2. The van der Waals surface area contributed by atoms with Crippen molar-refractivity contribution in [3.8, 4) is 0 Å². The topological polar surface area (TPSA) is 15.6 Å². The second kappa shape index (κ2) is 3.73. The minimum absolute atomic E-state index is 0.441. The Morgan fingerprint density at radius 1 is 1.35 bits per heavy atom. The Hall–Kier alpha value is -0.530. The zero-order chi connectivity index (χ0) is 12.2. The molecule has 0 aromatic heterocycles. The van der Waals surface area contributed by atoms with E-state index in [0.717, 1.165) is 18.4 Å². The van der Waals surface area contributed by atoms with Crippen LogP contribution in [-0.2, 0) is 12.2 Å². The number of rotatable bonds is 0. The Kier molecular flexibility index (Phi) is 2.53. The Morgan fingerprint density at radius 2 is 2.12 bits per heavy atom. The molecule has 0 saturated carbocycles. The van der Waals surface area contributed by atoms with Gasteiger partial charge in [0.05, 0.1) is 6.16 Å². The lowest BCUT2D eigenvalue weighted by Gasteiger charge is -2.38. The molecule has 0 aromatic rings. The first-order valence-electron chi connectivity index (χ1n) is 5.99. The van der Waals surface area contributed by atoms with E-state index in [-0.39, 0.29) is 0 Å². The lowest BCUT2D eigenvalue weighted by Crippen LogP contribution is -2.34. The van der Waals surface area contributed by atoms with E-state index in [1.54, 1.807) is 0 Å². The molecule has 3 rings (SSSR count). The van der Waals surface area contributed by atoms with Gasteiger partial charge in [-0.15, -0.1) is 4.76 Å². The van der Waals surface area contributed by atoms with Crippen molar-refractivity contribution in [3.63, 3.8) is 0 Å². The number of fused-ring (bicyclic) bond motifs is 3. The van der Waals surface area contributed by atoms with Crippen molar-refractivity contribution >= 4 is 24.7 Å². The van der Waals surface area contributed by atoms with Crippen LogP contribution in [0.4, 0.5) is 0 Å². The molecule has 3 heterocycles. The molecule has 3 aliphatic heterocycles. The van der Waals surface area contributed by atoms with Crippen LogP contribution in [0.15, 0.2) is 39.8 Å². The SMILES string of the molecule is CC1=CC2=N[P+]3([S-])CC(C)=C(C)C[C@H]3N2C=C1. The molecule has 1 unspecified atom stereocenters. The summed E-state index contributed by atoms with van der Waals surface area (Å²) in [6, 6.07) is 0. The monoisotopic (exact) mass is 264 g/mol. The molecule has 0 N–H and O–H groups in total. The second-order valence-electron chi connectivity index (χ2n) is 5.23. The largest absolute Gasteiger partial charge is 0.527 e. The molecular formula is C13H17N2PS. The van der Waals surface area contributed by atoms with Crippen molar-refractivity contribution in [2.75, 3.05) is 6.16 Å². The maximum absolute atomic E-state index is 5.91. The Bertz CT molecular complexity index is 504. The maximum Gasteiger partial charge on any atom is 0.171 e. The molecular weight excluding hydrogens is 247 g/mol. The summed E-state index contributed by atoms with van der Waals surface area (Å²) in [5.41, 5.74) is 4.24. The van der Waals surface area contributed by atoms with Gasteiger partial charge in [-0.25, -0.2) is 0 Å². The Balaban J connectivity index is 2.03. The van der Waals surface area contributed by atoms with Crippen LogP contribution in [0.1, 0.15) is 27.2 Å². The van der Waals surface area contributed by atoms with Gasteiger partial charge < -0.3 is 12.2 Å². The molecule has 0 aliphatic carbocycles. The van der Waals surface area contributed by atoms with Gasteiger partial charge in [0.1, 0.15) is 0 Å². The predicted molar refractivity (Wildman–Crippen MR) is 78.1 cm³/mol. The van der Waals surface area contributed by atoms with E-state index in [1.807, 2.05) is 0 Å². The highest BCUT2D eigenvalue weighted by Gasteiger charge is 2.48. The minimum Gasteiger partial charge on any atom is -0.527 e. The molecule has 0 bridgehead atoms. The van der Waals surface area contributed by atoms with E-state index >= 15 is 0 Å². The van der Waals surface area contributed by atoms with Crippen LogP contribution in [-0.4, -0.2) is 22.7 Å². The Labute approximate surface area is 109 Å². The van der Waals surface area contributed by atoms with Gasteiger partial charge >= 0.3 is 0 Å². The standard InChI is InChI=1S/C13H17N2PS/c1-9-4-5-15-12(6-9)14-16(17)8-11(3)10(2)7-13(15)16/h4-6,13H,7-8H2,1-3H3/t13-,16?/m0/s1. The third-order valence-electron chi connectivity index (χ3n) is 3.86. The summed E-state index contributed by atoms with van der Waals surface area (Å²) in [6.45, 7) is 4.96. The molecule has 4 heteroatoms. The van der Waals surface area contributed by atoms with E-state index in [2.05, 4.69) is 44.0 Å². The highest BCUT2D eigenvalue weighted by molar-refractivity contribution is 8.42. The second-order valence-corrected chi connectivity index (χ2v) is 9.75. The summed E-state index contributed by atoms with van der Waals surface area (Å²) < 4.78 is 4.91. The average Bonchev–Trinajstić information content (AvgIpc) is 2.50. The molecule has 2 atom stereocenters. The first-order valence-corrected chi connectivity index (χ1v) is 8.99. The lowest BCUT2D eigenvalue weighted by molar-refractivity contribution is 0.513. The van der Waals surface area contributed by atoms with Gasteiger partial charge in [-0.2, -0.15) is 0 Å². The number of allylic oxidation sites excluding steroid dienone is 3. The average molecular weight is 264 g/mol. The first-order chi connectivity index (χ1) is 7.99. The summed E-state index contributed by atoms with van der Waals surface area (Å²) >= 11 is 5.91. The van der Waals surface area contributed by atoms with Gasteiger partial charge in [-0.1, -0.05) is 5.57 Å². The van der Waals surface area contributed by atoms with Crippen LogP contribution in [0.25, 0.3) is 0 Å². The van der Waals surface area contributed by atoms with Crippen molar-refractivity contribution in [1.82, 2.24) is 4.90 Å². The molecule has 17 heavy (non-hydrogen) atoms. The highest BCUT2D eigenvalue weighted by Crippen LogP contribution is 2.71. The fourth-order valence-corrected chi connectivity index (χ4v) is 7.05. The smallest absolute Gasteiger partial charge is 0.171 e. The van der Waals surface area contributed by atoms with Gasteiger partial charge in [0.15, 0.2) is 11.6 Å². The lowest BCUT2D eigenvalue weighted by atomic mass is 10.1. The van der Waals surface area contributed by atoms with Gasteiger partial charge in [0, 0.05) is 19.2 Å². The molecule has 3 aliphatic rings. The molecule has 0 saturated heterocycles. The quantitative estimate of drug-likeness (QED) is 0.377. The van der Waals surface area contributed by atoms with Gasteiger partial charge in [0.2, 0.25) is 0 Å². The van der Waals surface area contributed by atoms with Crippen molar-refractivity contribution < 1.29 is 0 Å². The number of hydrogen-bond donors (Lipinski definition) is 0. The zero-order valence-electron chi connectivity index (χ0n) is 10.5. The van der Waals surface area contributed by atoms with Gasteiger partial charge in [-0.05, 0) is 44.1 Å². The minimum atomic E-state index is -1.61. The molecule has 90 valence electrons. The van der Waals surface area contributed by atoms with Crippen LogP contribution >= 0.6 is 6.62 Å². The summed E-state index contributed by atoms with van der Waals surface area (Å²) in [4.78, 5) is 2.31. The third-order valence-corrected chi connectivity index (χ3v) is 8.05. The van der Waals surface area contributed by atoms with E-state index in [9.17, 15) is 0 Å². The predicted octanol–water partition coefficient (Wildman–Crippen LogP) is 3.63. The van der Waals surface area contributed by atoms with Crippen molar-refractivity contribution in [2.24, 2.45) is 4.76 Å². The van der Waals surface area contributed by atoms with E-state index < -0.39 is 6.62 Å². The van der Waals surface area contributed by atoms with Crippen LogP contribution in [0.3, 0.4) is 0 Å². The summed E-state index contributed by atoms with van der Waals surface area (Å²) in [7, 11) is 0. The molecule has 0 radical (unpaired) electrons. The van der Waals surface area contributed by atoms with E-state index in [4.69, 9.17) is 17.0 Å². The molecule has 0 aromatic carbocycles. The van der Waals surface area contributed by atoms with Crippen molar-refractivity contribution in [1.29, 1.82) is 0 Å². The zero-order valence-corrected chi connectivity index (χ0v) is 12.2. The fraction of sp³-hybridized carbons (Fsp3) is 0.462. The van der Waals surface area contributed by atoms with Crippen molar-refractivity contribution in [3.05, 3.63) is 35.1 Å². The summed E-state index contributed by atoms with van der Waals surface area (Å²) in [5, 5.41) is 0. The van der Waals surface area contributed by atoms with E-state index in [1.165, 1.54) is 16.7 Å². The summed E-state index contributed by atoms with van der Waals surface area (Å²) in [6.07, 6.45) is 8.61. The van der Waals surface area contributed by atoms with Crippen LogP contribution < -0.4 is 0 Å². The molecule has 2 nitrogen and oxygen atoms in total. The Morgan fingerprint density at radius 3 is 2.88 bits per heavy atom. The highest BCUT2D eigenvalue weighted by atomic mass is 32.7. The van der Waals surface area contributed by atoms with Crippen LogP contribution in [0.5, 0.6) is 0 Å². The normalized spacial score (nSPS) is 35.5. The van der Waals surface area contributed by atoms with Crippen LogP contribution in [0.2, 0.25) is 0 Å². The maximum atomic E-state index is 5.91. The first kappa shape index (κ1) is 11.6. The number of amidine groups is 1. The van der Waals surface area contributed by atoms with E-state index in [0.29, 0.717) is 5.78 Å². The van der Waals surface area contributed by atoms with Gasteiger partial charge in [0.25, 0.3) is 0 Å². The van der Waals surface area contributed by atoms with Crippen molar-refractivity contribution in [2.45, 2.75) is 33.0 Å². The van der Waals surface area contributed by atoms with Gasteiger partial charge in [-0.3, -0.25) is 4.90 Å². The molecule has 0 spiro atoms. The third kappa shape index (κ3) is 1.71. The summed E-state index contributed by atoms with van der Waals surface area (Å²) in [5.74, 6) is 1.54. The molecule has 0 fully saturated rings.